The van der Waals surface area contributed by atoms with Gasteiger partial charge in [0, 0.05) is 19.3 Å². The van der Waals surface area contributed by atoms with E-state index >= 15 is 0 Å². The van der Waals surface area contributed by atoms with Crippen molar-refractivity contribution in [3.8, 4) is 0 Å². The van der Waals surface area contributed by atoms with Gasteiger partial charge in [-0.3, -0.25) is 14.3 Å². The molecule has 0 bridgehead atoms. The monoisotopic (exact) mass is 340 g/mol. The van der Waals surface area contributed by atoms with Gasteiger partial charge in [-0.2, -0.15) is 8.42 Å². The van der Waals surface area contributed by atoms with Crippen LogP contribution in [0.4, 0.5) is 0 Å². The standard InChI is InChI=1S/C16H24N2O4S/c1-4-9-18(10-11-23(20,21)22)16(19)15-12-14(7-8-17-15)6-5-13(2)3/h5-8,12-13H,4,9-11H2,1-3H3,(H,20,21,22)/b6-5+. The van der Waals surface area contributed by atoms with Crippen molar-refractivity contribution < 1.29 is 17.8 Å². The van der Waals surface area contributed by atoms with E-state index < -0.39 is 15.9 Å². The molecular weight excluding hydrogens is 316 g/mol. The Bertz CT molecular complexity index is 654. The summed E-state index contributed by atoms with van der Waals surface area (Å²) >= 11 is 0. The Hall–Kier alpha value is -1.73. The number of rotatable bonds is 8. The average molecular weight is 340 g/mol. The maximum atomic E-state index is 12.5. The van der Waals surface area contributed by atoms with Gasteiger partial charge >= 0.3 is 0 Å². The van der Waals surface area contributed by atoms with Crippen molar-refractivity contribution in [3.63, 3.8) is 0 Å². The SMILES string of the molecule is CCCN(CCS(=O)(=O)O)C(=O)c1cc(/C=C/C(C)C)ccn1. The van der Waals surface area contributed by atoms with E-state index in [1.165, 1.54) is 4.90 Å². The van der Waals surface area contributed by atoms with Crippen LogP contribution in [0, 0.1) is 5.92 Å². The number of amides is 1. The molecule has 0 aromatic carbocycles. The molecule has 7 heteroatoms. The summed E-state index contributed by atoms with van der Waals surface area (Å²) < 4.78 is 30.7. The molecule has 0 saturated heterocycles. The second-order valence-electron chi connectivity index (χ2n) is 5.66. The van der Waals surface area contributed by atoms with Gasteiger partial charge in [0.25, 0.3) is 16.0 Å². The van der Waals surface area contributed by atoms with E-state index in [0.717, 1.165) is 5.56 Å². The molecule has 0 aliphatic carbocycles. The number of nitrogens with zero attached hydrogens (tertiary/aromatic N) is 2. The van der Waals surface area contributed by atoms with Crippen LogP contribution in [-0.2, 0) is 10.1 Å². The Balaban J connectivity index is 2.92. The molecule has 0 aliphatic heterocycles. The lowest BCUT2D eigenvalue weighted by atomic mass is 10.1. The first-order valence-corrected chi connectivity index (χ1v) is 9.22. The van der Waals surface area contributed by atoms with Crippen LogP contribution in [0.15, 0.2) is 24.4 Å². The van der Waals surface area contributed by atoms with Crippen LogP contribution in [0.25, 0.3) is 6.08 Å². The summed E-state index contributed by atoms with van der Waals surface area (Å²) in [7, 11) is -4.10. The first-order chi connectivity index (χ1) is 10.7. The number of carbonyl (C=O) groups excluding carboxylic acids is 1. The summed E-state index contributed by atoms with van der Waals surface area (Å²) in [5.74, 6) is -0.421. The van der Waals surface area contributed by atoms with E-state index in [1.807, 2.05) is 19.1 Å². The summed E-state index contributed by atoms with van der Waals surface area (Å²) in [6.07, 6.45) is 6.18. The van der Waals surface area contributed by atoms with Gasteiger partial charge < -0.3 is 4.90 Å². The Morgan fingerprint density at radius 1 is 1.39 bits per heavy atom. The molecule has 0 spiro atoms. The van der Waals surface area contributed by atoms with Crippen molar-refractivity contribution in [3.05, 3.63) is 35.7 Å². The molecule has 6 nitrogen and oxygen atoms in total. The first-order valence-electron chi connectivity index (χ1n) is 7.61. The lowest BCUT2D eigenvalue weighted by Crippen LogP contribution is -2.36. The van der Waals surface area contributed by atoms with Gasteiger partial charge in [-0.25, -0.2) is 0 Å². The number of hydrogen-bond acceptors (Lipinski definition) is 4. The van der Waals surface area contributed by atoms with Crippen LogP contribution in [-0.4, -0.2) is 47.6 Å². The Morgan fingerprint density at radius 3 is 2.65 bits per heavy atom. The third kappa shape index (κ3) is 7.38. The minimum absolute atomic E-state index is 0.0563. The summed E-state index contributed by atoms with van der Waals surface area (Å²) in [4.78, 5) is 18.0. The second kappa shape index (κ2) is 8.79. The largest absolute Gasteiger partial charge is 0.336 e. The zero-order valence-corrected chi connectivity index (χ0v) is 14.6. The van der Waals surface area contributed by atoms with Gasteiger partial charge in [0.05, 0.1) is 5.75 Å². The molecule has 23 heavy (non-hydrogen) atoms. The molecule has 1 aromatic rings. The number of allylic oxidation sites excluding steroid dienone is 1. The molecule has 0 unspecified atom stereocenters. The minimum atomic E-state index is -4.10. The molecule has 0 fully saturated rings. The maximum absolute atomic E-state index is 12.5. The van der Waals surface area contributed by atoms with Gasteiger partial charge in [0.2, 0.25) is 0 Å². The molecule has 1 aromatic heterocycles. The first kappa shape index (κ1) is 19.3. The summed E-state index contributed by atoms with van der Waals surface area (Å²) in [6.45, 7) is 6.36. The van der Waals surface area contributed by atoms with Gasteiger partial charge in [-0.05, 0) is 30.0 Å². The normalized spacial score (nSPS) is 12.0. The van der Waals surface area contributed by atoms with E-state index in [-0.39, 0.29) is 18.1 Å². The Labute approximate surface area is 138 Å². The minimum Gasteiger partial charge on any atom is -0.336 e. The third-order valence-corrected chi connectivity index (χ3v) is 3.78. The number of aromatic nitrogens is 1. The van der Waals surface area contributed by atoms with Gasteiger partial charge in [0.15, 0.2) is 0 Å². The van der Waals surface area contributed by atoms with Crippen LogP contribution in [0.1, 0.15) is 43.2 Å². The third-order valence-electron chi connectivity index (χ3n) is 3.08. The zero-order valence-electron chi connectivity index (χ0n) is 13.8. The van der Waals surface area contributed by atoms with Crippen molar-refractivity contribution in [1.82, 2.24) is 9.88 Å². The van der Waals surface area contributed by atoms with Crippen molar-refractivity contribution >= 4 is 22.1 Å². The second-order valence-corrected chi connectivity index (χ2v) is 7.23. The molecule has 128 valence electrons. The van der Waals surface area contributed by atoms with Crippen LogP contribution < -0.4 is 0 Å². The van der Waals surface area contributed by atoms with Gasteiger partial charge in [-0.1, -0.05) is 32.9 Å². The summed E-state index contributed by atoms with van der Waals surface area (Å²) in [5.41, 5.74) is 1.13. The van der Waals surface area contributed by atoms with Crippen LogP contribution in [0.2, 0.25) is 0 Å². The molecule has 0 radical (unpaired) electrons. The van der Waals surface area contributed by atoms with E-state index in [4.69, 9.17) is 4.55 Å². The quantitative estimate of drug-likeness (QED) is 0.735. The van der Waals surface area contributed by atoms with Gasteiger partial charge in [-0.15, -0.1) is 0 Å². The number of hydrogen-bond donors (Lipinski definition) is 1. The van der Waals surface area contributed by atoms with E-state index in [9.17, 15) is 13.2 Å². The van der Waals surface area contributed by atoms with Crippen molar-refractivity contribution in [2.45, 2.75) is 27.2 Å². The molecule has 1 heterocycles. The highest BCUT2D eigenvalue weighted by molar-refractivity contribution is 7.85. The molecule has 0 saturated carbocycles. The highest BCUT2D eigenvalue weighted by atomic mass is 32.2. The summed E-state index contributed by atoms with van der Waals surface area (Å²) in [5, 5.41) is 0. The van der Waals surface area contributed by atoms with Crippen molar-refractivity contribution in [2.24, 2.45) is 5.92 Å². The Morgan fingerprint density at radius 2 is 2.09 bits per heavy atom. The smallest absolute Gasteiger partial charge is 0.272 e. The number of pyridine rings is 1. The maximum Gasteiger partial charge on any atom is 0.272 e. The van der Waals surface area contributed by atoms with Crippen molar-refractivity contribution in [2.75, 3.05) is 18.8 Å². The van der Waals surface area contributed by atoms with Crippen LogP contribution >= 0.6 is 0 Å². The average Bonchev–Trinajstić information content (AvgIpc) is 2.48. The molecule has 1 rings (SSSR count). The fraction of sp³-hybridized carbons (Fsp3) is 0.500. The van der Waals surface area contributed by atoms with E-state index in [0.29, 0.717) is 18.9 Å². The van der Waals surface area contributed by atoms with Crippen LogP contribution in [0.3, 0.4) is 0 Å². The van der Waals surface area contributed by atoms with E-state index in [1.54, 1.807) is 18.3 Å². The number of carbonyl (C=O) groups is 1. The lowest BCUT2D eigenvalue weighted by molar-refractivity contribution is 0.0759. The topological polar surface area (TPSA) is 87.6 Å². The molecule has 0 atom stereocenters. The fourth-order valence-corrected chi connectivity index (χ4v) is 2.39. The van der Waals surface area contributed by atoms with Gasteiger partial charge in [0.1, 0.15) is 5.69 Å². The molecule has 1 amide bonds. The predicted molar refractivity (Wildman–Crippen MR) is 90.7 cm³/mol. The molecule has 1 N–H and O–H groups in total. The summed E-state index contributed by atoms with van der Waals surface area (Å²) in [6, 6.07) is 3.48. The zero-order chi connectivity index (χ0) is 17.5. The molecular formula is C16H24N2O4S. The highest BCUT2D eigenvalue weighted by Crippen LogP contribution is 2.10. The highest BCUT2D eigenvalue weighted by Gasteiger charge is 2.18. The lowest BCUT2D eigenvalue weighted by Gasteiger charge is -2.21. The Kier molecular flexibility index (Phi) is 7.38. The van der Waals surface area contributed by atoms with E-state index in [2.05, 4.69) is 18.8 Å². The van der Waals surface area contributed by atoms with Crippen molar-refractivity contribution in [1.29, 1.82) is 0 Å². The fourth-order valence-electron chi connectivity index (χ4n) is 1.94. The van der Waals surface area contributed by atoms with Crippen LogP contribution in [0.5, 0.6) is 0 Å². The predicted octanol–water partition coefficient (Wildman–Crippen LogP) is 2.49. The molecule has 0 aliphatic rings.